The smallest absolute Gasteiger partial charge is 0.416 e. The summed E-state index contributed by atoms with van der Waals surface area (Å²) in [4.78, 5) is 55.6. The van der Waals surface area contributed by atoms with Crippen molar-refractivity contribution < 1.29 is 32.3 Å². The number of nitrogens with zero attached hydrogens (tertiary/aromatic N) is 6. The number of amides is 2. The molecule has 0 unspecified atom stereocenters. The van der Waals surface area contributed by atoms with Gasteiger partial charge in [0, 0.05) is 19.0 Å². The number of fused-ring (bicyclic) bond motifs is 1. The summed E-state index contributed by atoms with van der Waals surface area (Å²) in [5.41, 5.74) is 0.774. The standard InChI is InChI=1S/C33H38N6O7S/c1-6-24-17-37(31(41)45-20-23-10-8-7-9-11-23)18-26(24)27(40)19-38(32(42)46-33(3,4)5)28-16-34-30-29(36-28)35-21-39(30)47(43,44)25-14-12-22(2)13-15-25/h7-16,21,24,26H,6,17-20H2,1-5H3/t24-,26-/m1/s1. The predicted octanol–water partition coefficient (Wildman–Crippen LogP) is 4.98. The largest absolute Gasteiger partial charge is 0.445 e. The Hall–Kier alpha value is -4.85. The normalized spacial score (nSPS) is 16.7. The summed E-state index contributed by atoms with van der Waals surface area (Å²) < 4.78 is 38.7. The second kappa shape index (κ2) is 13.5. The molecule has 2 aromatic carbocycles. The maximum absolute atomic E-state index is 13.8. The molecular formula is C33H38N6O7S. The van der Waals surface area contributed by atoms with Crippen molar-refractivity contribution in [1.82, 2.24) is 23.8 Å². The van der Waals surface area contributed by atoms with E-state index >= 15 is 0 Å². The third kappa shape index (κ3) is 7.59. The van der Waals surface area contributed by atoms with Gasteiger partial charge in [-0.1, -0.05) is 61.4 Å². The third-order valence-corrected chi connectivity index (χ3v) is 9.49. The van der Waals surface area contributed by atoms with Crippen LogP contribution in [-0.4, -0.2) is 75.4 Å². The first kappa shape index (κ1) is 33.5. The van der Waals surface area contributed by atoms with E-state index in [4.69, 9.17) is 9.47 Å². The van der Waals surface area contributed by atoms with Crippen LogP contribution in [0, 0.1) is 18.8 Å². The minimum Gasteiger partial charge on any atom is -0.445 e. The van der Waals surface area contributed by atoms with E-state index in [1.54, 1.807) is 32.9 Å². The molecule has 2 atom stereocenters. The van der Waals surface area contributed by atoms with Crippen molar-refractivity contribution in [2.45, 2.75) is 58.1 Å². The second-order valence-corrected chi connectivity index (χ2v) is 14.3. The van der Waals surface area contributed by atoms with Crippen LogP contribution in [0.5, 0.6) is 0 Å². The van der Waals surface area contributed by atoms with E-state index < -0.39 is 40.3 Å². The number of likely N-dealkylation sites (tertiary alicyclic amines) is 1. The van der Waals surface area contributed by atoms with Gasteiger partial charge in [-0.3, -0.25) is 9.69 Å². The number of benzene rings is 2. The van der Waals surface area contributed by atoms with Gasteiger partial charge in [-0.05, 0) is 51.3 Å². The van der Waals surface area contributed by atoms with Gasteiger partial charge in [0.15, 0.2) is 17.2 Å². The molecule has 1 saturated heterocycles. The zero-order valence-corrected chi connectivity index (χ0v) is 27.8. The van der Waals surface area contributed by atoms with Gasteiger partial charge in [-0.2, -0.15) is 0 Å². The molecule has 47 heavy (non-hydrogen) atoms. The number of hydrogen-bond donors (Lipinski definition) is 0. The van der Waals surface area contributed by atoms with Gasteiger partial charge >= 0.3 is 12.2 Å². The van der Waals surface area contributed by atoms with Crippen LogP contribution in [0.15, 0.2) is 72.0 Å². The highest BCUT2D eigenvalue weighted by molar-refractivity contribution is 7.90. The molecule has 248 valence electrons. The quantitative estimate of drug-likeness (QED) is 0.240. The van der Waals surface area contributed by atoms with Crippen molar-refractivity contribution in [2.75, 3.05) is 24.5 Å². The van der Waals surface area contributed by atoms with Crippen molar-refractivity contribution in [3.05, 3.63) is 78.2 Å². The van der Waals surface area contributed by atoms with Gasteiger partial charge < -0.3 is 14.4 Å². The van der Waals surface area contributed by atoms with E-state index in [-0.39, 0.29) is 46.9 Å². The van der Waals surface area contributed by atoms with Gasteiger partial charge in [0.05, 0.1) is 17.6 Å². The highest BCUT2D eigenvalue weighted by Crippen LogP contribution is 2.29. The van der Waals surface area contributed by atoms with Crippen LogP contribution in [0.1, 0.15) is 45.2 Å². The SMILES string of the molecule is CC[C@@H]1CN(C(=O)OCc2ccccc2)C[C@H]1C(=O)CN(C(=O)OC(C)(C)C)c1cnc2c(ncn2S(=O)(=O)c2ccc(C)cc2)n1. The van der Waals surface area contributed by atoms with Crippen LogP contribution in [0.3, 0.4) is 0 Å². The Bertz CT molecular complexity index is 1870. The van der Waals surface area contributed by atoms with E-state index in [1.165, 1.54) is 23.2 Å². The molecule has 14 heteroatoms. The fraction of sp³-hybridized carbons (Fsp3) is 0.394. The zero-order valence-electron chi connectivity index (χ0n) is 27.0. The number of aryl methyl sites for hydroxylation is 1. The minimum absolute atomic E-state index is 0.0387. The van der Waals surface area contributed by atoms with Crippen LogP contribution in [0.2, 0.25) is 0 Å². The van der Waals surface area contributed by atoms with Crippen molar-refractivity contribution in [3.8, 4) is 0 Å². The summed E-state index contributed by atoms with van der Waals surface area (Å²) in [6.45, 7) is 9.05. The number of Topliss-reactive ketones (excluding diaryl/α,β-unsaturated/α-hetero) is 1. The first-order chi connectivity index (χ1) is 22.3. The van der Waals surface area contributed by atoms with Crippen LogP contribution in [-0.2, 0) is 30.9 Å². The highest BCUT2D eigenvalue weighted by atomic mass is 32.2. The van der Waals surface area contributed by atoms with Crippen LogP contribution < -0.4 is 4.90 Å². The molecule has 0 N–H and O–H groups in total. The molecule has 13 nitrogen and oxygen atoms in total. The molecule has 2 aromatic heterocycles. The van der Waals surface area contributed by atoms with Gasteiger partial charge in [-0.25, -0.2) is 36.9 Å². The maximum Gasteiger partial charge on any atom is 0.416 e. The van der Waals surface area contributed by atoms with Gasteiger partial charge in [0.2, 0.25) is 5.65 Å². The minimum atomic E-state index is -4.03. The fourth-order valence-electron chi connectivity index (χ4n) is 5.34. The lowest BCUT2D eigenvalue weighted by molar-refractivity contribution is -0.122. The lowest BCUT2D eigenvalue weighted by atomic mass is 9.90. The summed E-state index contributed by atoms with van der Waals surface area (Å²) in [7, 11) is -4.03. The summed E-state index contributed by atoms with van der Waals surface area (Å²) >= 11 is 0. The van der Waals surface area contributed by atoms with Gasteiger partial charge in [0.25, 0.3) is 10.0 Å². The number of aromatic nitrogens is 4. The van der Waals surface area contributed by atoms with Crippen molar-refractivity contribution in [3.63, 3.8) is 0 Å². The first-order valence-electron chi connectivity index (χ1n) is 15.3. The summed E-state index contributed by atoms with van der Waals surface area (Å²) in [6.07, 6.45) is 1.59. The Kier molecular flexibility index (Phi) is 9.61. The van der Waals surface area contributed by atoms with Gasteiger partial charge in [-0.15, -0.1) is 0 Å². The molecule has 1 aliphatic heterocycles. The lowest BCUT2D eigenvalue weighted by Gasteiger charge is -2.27. The predicted molar refractivity (Wildman–Crippen MR) is 173 cm³/mol. The average Bonchev–Trinajstić information content (AvgIpc) is 3.67. The number of ketones is 1. The number of carbonyl (C=O) groups excluding carboxylic acids is 3. The first-order valence-corrected chi connectivity index (χ1v) is 16.7. The summed E-state index contributed by atoms with van der Waals surface area (Å²) in [5.74, 6) is -1.05. The topological polar surface area (TPSA) is 154 Å². The molecule has 1 aliphatic rings. The molecule has 0 radical (unpaired) electrons. The van der Waals surface area contributed by atoms with E-state index in [0.717, 1.165) is 26.3 Å². The van der Waals surface area contributed by atoms with Crippen molar-refractivity contribution in [1.29, 1.82) is 0 Å². The van der Waals surface area contributed by atoms with E-state index in [0.29, 0.717) is 13.0 Å². The third-order valence-electron chi connectivity index (χ3n) is 7.84. The average molecular weight is 663 g/mol. The monoisotopic (exact) mass is 662 g/mol. The second-order valence-electron chi connectivity index (χ2n) is 12.5. The van der Waals surface area contributed by atoms with Crippen LogP contribution in [0.4, 0.5) is 15.4 Å². The van der Waals surface area contributed by atoms with Crippen molar-refractivity contribution in [2.24, 2.45) is 11.8 Å². The molecule has 5 rings (SSSR count). The highest BCUT2D eigenvalue weighted by Gasteiger charge is 2.40. The van der Waals surface area contributed by atoms with E-state index in [9.17, 15) is 22.8 Å². The Morgan fingerprint density at radius 2 is 1.70 bits per heavy atom. The molecule has 0 saturated carbocycles. The molecule has 4 aromatic rings. The number of rotatable bonds is 9. The molecule has 0 aliphatic carbocycles. The maximum atomic E-state index is 13.8. The lowest BCUT2D eigenvalue weighted by Crippen LogP contribution is -2.43. The number of anilines is 1. The Labute approximate surface area is 273 Å². The molecule has 3 heterocycles. The van der Waals surface area contributed by atoms with Gasteiger partial charge in [0.1, 0.15) is 18.5 Å². The van der Waals surface area contributed by atoms with Crippen LogP contribution in [0.25, 0.3) is 11.3 Å². The fourth-order valence-corrected chi connectivity index (χ4v) is 6.57. The number of ether oxygens (including phenoxy) is 2. The van der Waals surface area contributed by atoms with E-state index in [2.05, 4.69) is 15.0 Å². The molecule has 1 fully saturated rings. The molecule has 2 amide bonds. The number of imidazole rings is 1. The Morgan fingerprint density at radius 3 is 2.36 bits per heavy atom. The molecule has 0 bridgehead atoms. The summed E-state index contributed by atoms with van der Waals surface area (Å²) in [5, 5.41) is 0. The van der Waals surface area contributed by atoms with Crippen molar-refractivity contribution >= 4 is 45.1 Å². The molecular weight excluding hydrogens is 624 g/mol. The Balaban J connectivity index is 1.38. The number of carbonyl (C=O) groups is 3. The zero-order chi connectivity index (χ0) is 33.9. The van der Waals surface area contributed by atoms with E-state index in [1.807, 2.05) is 44.2 Å². The Morgan fingerprint density at radius 1 is 1.00 bits per heavy atom. The molecule has 0 spiro atoms. The number of hydrogen-bond acceptors (Lipinski definition) is 10. The summed E-state index contributed by atoms with van der Waals surface area (Å²) in [6, 6.07) is 15.7. The van der Waals surface area contributed by atoms with Crippen LogP contribution >= 0.6 is 0 Å².